The zero-order valence-electron chi connectivity index (χ0n) is 19.3. The number of nitrogens with one attached hydrogen (secondary N) is 1. The number of para-hydroxylation sites is 2. The zero-order valence-corrected chi connectivity index (χ0v) is 19.3. The van der Waals surface area contributed by atoms with E-state index in [-0.39, 0.29) is 43.5 Å². The van der Waals surface area contributed by atoms with E-state index in [1.165, 1.54) is 24.0 Å². The summed E-state index contributed by atoms with van der Waals surface area (Å²) >= 11 is 0. The highest BCUT2D eigenvalue weighted by Crippen LogP contribution is 2.31. The van der Waals surface area contributed by atoms with E-state index in [1.54, 1.807) is 30.3 Å². The second-order valence-electron chi connectivity index (χ2n) is 7.69. The van der Waals surface area contributed by atoms with Crippen LogP contribution in [0.2, 0.25) is 0 Å². The van der Waals surface area contributed by atoms with Crippen LogP contribution >= 0.6 is 0 Å². The van der Waals surface area contributed by atoms with Crippen molar-refractivity contribution in [3.05, 3.63) is 52.6 Å². The first-order valence-corrected chi connectivity index (χ1v) is 10.9. The molecule has 0 radical (unpaired) electrons. The lowest BCUT2D eigenvalue weighted by molar-refractivity contribution is -0.131. The number of aromatic nitrogens is 2. The average Bonchev–Trinajstić information content (AvgIpc) is 3.00. The normalized spacial score (nSPS) is 13.1. The molecule has 0 fully saturated rings. The minimum Gasteiger partial charge on any atom is -0.493 e. The number of amides is 2. The second kappa shape index (κ2) is 9.82. The molecule has 3 aromatic rings. The standard InChI is InChI=1S/C24H26N4O6/c1-4-27(23(30)14-28-17-7-5-6-8-18(17)34-10-9-22(28)29)13-21-25-16-12-20(33-3)19(32-2)11-15(16)24(31)26-21/h5-8,11-12H,4,9-10,13-14H2,1-3H3,(H,25,26,31). The first-order valence-electron chi connectivity index (χ1n) is 10.9. The summed E-state index contributed by atoms with van der Waals surface area (Å²) in [6.45, 7) is 2.39. The van der Waals surface area contributed by atoms with E-state index in [4.69, 9.17) is 14.2 Å². The predicted octanol–water partition coefficient (Wildman–Crippen LogP) is 2.10. The molecule has 1 N–H and O–H groups in total. The van der Waals surface area contributed by atoms with Crippen molar-refractivity contribution in [1.82, 2.24) is 14.9 Å². The number of ether oxygens (including phenoxy) is 3. The second-order valence-corrected chi connectivity index (χ2v) is 7.69. The Morgan fingerprint density at radius 3 is 2.65 bits per heavy atom. The lowest BCUT2D eigenvalue weighted by Crippen LogP contribution is -2.43. The van der Waals surface area contributed by atoms with Gasteiger partial charge in [-0.05, 0) is 25.1 Å². The van der Waals surface area contributed by atoms with Crippen molar-refractivity contribution < 1.29 is 23.8 Å². The molecule has 178 valence electrons. The number of hydrogen-bond acceptors (Lipinski definition) is 7. The van der Waals surface area contributed by atoms with Crippen molar-refractivity contribution in [3.63, 3.8) is 0 Å². The highest BCUT2D eigenvalue weighted by Gasteiger charge is 2.27. The molecule has 0 unspecified atom stereocenters. The molecule has 0 bridgehead atoms. The average molecular weight is 466 g/mol. The quantitative estimate of drug-likeness (QED) is 0.567. The molecule has 1 aromatic heterocycles. The number of nitrogens with zero attached hydrogens (tertiary/aromatic N) is 3. The molecule has 0 spiro atoms. The summed E-state index contributed by atoms with van der Waals surface area (Å²) in [7, 11) is 2.99. The topological polar surface area (TPSA) is 114 Å². The lowest BCUT2D eigenvalue weighted by Gasteiger charge is -2.26. The minimum atomic E-state index is -0.349. The Bertz CT molecular complexity index is 1290. The Hall–Kier alpha value is -4.08. The summed E-state index contributed by atoms with van der Waals surface area (Å²) in [5.41, 5.74) is 0.639. The fraction of sp³-hybridized carbons (Fsp3) is 0.333. The largest absolute Gasteiger partial charge is 0.493 e. The first kappa shape index (κ1) is 23.1. The molecule has 10 nitrogen and oxygen atoms in total. The van der Waals surface area contributed by atoms with Gasteiger partial charge in [-0.3, -0.25) is 19.3 Å². The molecular weight excluding hydrogens is 440 g/mol. The molecule has 0 aliphatic carbocycles. The van der Waals surface area contributed by atoms with E-state index >= 15 is 0 Å². The van der Waals surface area contributed by atoms with Gasteiger partial charge in [-0.1, -0.05) is 12.1 Å². The van der Waals surface area contributed by atoms with Crippen LogP contribution < -0.4 is 24.7 Å². The number of hydrogen-bond donors (Lipinski definition) is 1. The number of H-pyrrole nitrogens is 1. The highest BCUT2D eigenvalue weighted by molar-refractivity contribution is 6.00. The van der Waals surface area contributed by atoms with Crippen molar-refractivity contribution in [2.45, 2.75) is 19.9 Å². The van der Waals surface area contributed by atoms with Crippen LogP contribution in [0.3, 0.4) is 0 Å². The van der Waals surface area contributed by atoms with Gasteiger partial charge in [-0.25, -0.2) is 4.98 Å². The smallest absolute Gasteiger partial charge is 0.258 e. The Balaban J connectivity index is 1.59. The Labute approximate surface area is 196 Å². The molecule has 1 aliphatic heterocycles. The zero-order chi connectivity index (χ0) is 24.2. The monoisotopic (exact) mass is 466 g/mol. The molecule has 0 saturated heterocycles. The van der Waals surface area contributed by atoms with E-state index in [0.717, 1.165) is 0 Å². The lowest BCUT2D eigenvalue weighted by atomic mass is 10.2. The third kappa shape index (κ3) is 4.52. The van der Waals surface area contributed by atoms with Crippen LogP contribution in [-0.4, -0.2) is 60.6 Å². The number of likely N-dealkylation sites (N-methyl/N-ethyl adjacent to an activating group) is 1. The van der Waals surface area contributed by atoms with Crippen LogP contribution in [0.25, 0.3) is 10.9 Å². The van der Waals surface area contributed by atoms with Gasteiger partial charge in [-0.2, -0.15) is 0 Å². The SMILES string of the molecule is CCN(Cc1nc2cc(OC)c(OC)cc2c(=O)[nH]1)C(=O)CN1C(=O)CCOc2ccccc21. The van der Waals surface area contributed by atoms with Crippen LogP contribution in [0.5, 0.6) is 17.2 Å². The number of methoxy groups -OCH3 is 2. The summed E-state index contributed by atoms with van der Waals surface area (Å²) in [6.07, 6.45) is 0.179. The maximum absolute atomic E-state index is 13.2. The van der Waals surface area contributed by atoms with Crippen LogP contribution in [0.1, 0.15) is 19.2 Å². The van der Waals surface area contributed by atoms with Gasteiger partial charge < -0.3 is 24.1 Å². The van der Waals surface area contributed by atoms with Gasteiger partial charge in [0, 0.05) is 12.6 Å². The molecule has 2 heterocycles. The molecule has 34 heavy (non-hydrogen) atoms. The van der Waals surface area contributed by atoms with Crippen molar-refractivity contribution in [2.24, 2.45) is 0 Å². The highest BCUT2D eigenvalue weighted by atomic mass is 16.5. The van der Waals surface area contributed by atoms with Gasteiger partial charge in [0.15, 0.2) is 11.5 Å². The molecule has 4 rings (SSSR count). The van der Waals surface area contributed by atoms with Crippen LogP contribution in [0.4, 0.5) is 5.69 Å². The van der Waals surface area contributed by atoms with Crippen LogP contribution in [-0.2, 0) is 16.1 Å². The summed E-state index contributed by atoms with van der Waals surface area (Å²) in [4.78, 5) is 48.8. The Morgan fingerprint density at radius 2 is 1.91 bits per heavy atom. The van der Waals surface area contributed by atoms with Gasteiger partial charge in [0.2, 0.25) is 11.8 Å². The van der Waals surface area contributed by atoms with Crippen molar-refractivity contribution >= 4 is 28.4 Å². The fourth-order valence-electron chi connectivity index (χ4n) is 3.87. The molecule has 2 aromatic carbocycles. The maximum Gasteiger partial charge on any atom is 0.258 e. The predicted molar refractivity (Wildman–Crippen MR) is 125 cm³/mol. The molecule has 10 heteroatoms. The number of fused-ring (bicyclic) bond motifs is 2. The van der Waals surface area contributed by atoms with E-state index < -0.39 is 0 Å². The number of carbonyl (C=O) groups is 2. The third-order valence-electron chi connectivity index (χ3n) is 5.66. The van der Waals surface area contributed by atoms with Gasteiger partial charge in [0.25, 0.3) is 5.56 Å². The summed E-state index contributed by atoms with van der Waals surface area (Å²) in [5, 5.41) is 0.350. The van der Waals surface area contributed by atoms with E-state index in [9.17, 15) is 14.4 Å². The number of benzene rings is 2. The van der Waals surface area contributed by atoms with Crippen molar-refractivity contribution in [1.29, 1.82) is 0 Å². The van der Waals surface area contributed by atoms with E-state index in [0.29, 0.717) is 46.2 Å². The molecule has 0 atom stereocenters. The Kier molecular flexibility index (Phi) is 6.67. The van der Waals surface area contributed by atoms with Gasteiger partial charge in [0.1, 0.15) is 18.1 Å². The van der Waals surface area contributed by atoms with Gasteiger partial charge in [0.05, 0.1) is 50.4 Å². The fourth-order valence-corrected chi connectivity index (χ4v) is 3.87. The number of aromatic amines is 1. The van der Waals surface area contributed by atoms with Crippen LogP contribution in [0.15, 0.2) is 41.2 Å². The number of rotatable bonds is 7. The van der Waals surface area contributed by atoms with E-state index in [1.807, 2.05) is 13.0 Å². The maximum atomic E-state index is 13.2. The Morgan fingerprint density at radius 1 is 1.18 bits per heavy atom. The third-order valence-corrected chi connectivity index (χ3v) is 5.66. The van der Waals surface area contributed by atoms with Gasteiger partial charge in [-0.15, -0.1) is 0 Å². The number of anilines is 1. The van der Waals surface area contributed by atoms with E-state index in [2.05, 4.69) is 9.97 Å². The molecule has 1 aliphatic rings. The summed E-state index contributed by atoms with van der Waals surface area (Å²) in [5.74, 6) is 1.30. The summed E-state index contributed by atoms with van der Waals surface area (Å²) < 4.78 is 16.2. The molecule has 0 saturated carbocycles. The summed E-state index contributed by atoms with van der Waals surface area (Å²) in [6, 6.07) is 10.3. The van der Waals surface area contributed by atoms with Crippen molar-refractivity contribution in [2.75, 3.05) is 38.8 Å². The molecular formula is C24H26N4O6. The van der Waals surface area contributed by atoms with Crippen LogP contribution in [0, 0.1) is 0 Å². The minimum absolute atomic E-state index is 0.0784. The number of carbonyl (C=O) groups excluding carboxylic acids is 2. The van der Waals surface area contributed by atoms with Crippen molar-refractivity contribution in [3.8, 4) is 17.2 Å². The molecule has 2 amide bonds. The van der Waals surface area contributed by atoms with Gasteiger partial charge >= 0.3 is 0 Å². The first-order chi connectivity index (χ1) is 16.4.